The minimum atomic E-state index is -0.115. The van der Waals surface area contributed by atoms with Crippen molar-refractivity contribution in [3.63, 3.8) is 0 Å². The lowest BCUT2D eigenvalue weighted by Crippen LogP contribution is -2.02. The highest BCUT2D eigenvalue weighted by Gasteiger charge is 2.09. The molecule has 19 heavy (non-hydrogen) atoms. The molecule has 0 aliphatic heterocycles. The van der Waals surface area contributed by atoms with Gasteiger partial charge in [0.05, 0.1) is 0 Å². The van der Waals surface area contributed by atoms with Crippen LogP contribution in [-0.2, 0) is 4.79 Å². The summed E-state index contributed by atoms with van der Waals surface area (Å²) in [4.78, 5) is 26.3. The fourth-order valence-corrected chi connectivity index (χ4v) is 1.90. The number of aldehydes is 1. The molecule has 5 heteroatoms. The first-order valence-electron chi connectivity index (χ1n) is 5.52. The number of benzene rings is 1. The molecule has 0 unspecified atom stereocenters. The molecule has 1 aromatic carbocycles. The minimum absolute atomic E-state index is 0.00282. The van der Waals surface area contributed by atoms with E-state index < -0.39 is 0 Å². The molecule has 0 bridgehead atoms. The smallest absolute Gasteiger partial charge is 0.194 e. The number of aromatic nitrogens is 1. The molecular weight excluding hydrogens is 310 g/mol. The second-order valence-corrected chi connectivity index (χ2v) is 4.64. The molecule has 1 aromatic heterocycles. The van der Waals surface area contributed by atoms with Crippen LogP contribution in [0.15, 0.2) is 47.2 Å². The van der Waals surface area contributed by atoms with Gasteiger partial charge in [-0.15, -0.1) is 0 Å². The van der Waals surface area contributed by atoms with Crippen LogP contribution in [0.1, 0.15) is 15.9 Å². The van der Waals surface area contributed by atoms with Gasteiger partial charge < -0.3 is 4.74 Å². The zero-order valence-electron chi connectivity index (χ0n) is 9.88. The fourth-order valence-electron chi connectivity index (χ4n) is 1.54. The number of pyridine rings is 1. The predicted molar refractivity (Wildman–Crippen MR) is 73.4 cm³/mol. The van der Waals surface area contributed by atoms with Crippen molar-refractivity contribution in [3.8, 4) is 5.75 Å². The Labute approximate surface area is 118 Å². The average Bonchev–Trinajstić information content (AvgIpc) is 2.45. The van der Waals surface area contributed by atoms with Crippen LogP contribution in [0.4, 0.5) is 0 Å². The summed E-state index contributed by atoms with van der Waals surface area (Å²) in [6.45, 7) is 0.00282. The second-order valence-electron chi connectivity index (χ2n) is 3.72. The Morgan fingerprint density at radius 2 is 1.95 bits per heavy atom. The molecule has 0 aliphatic carbocycles. The summed E-state index contributed by atoms with van der Waals surface area (Å²) >= 11 is 3.28. The maximum atomic E-state index is 12.2. The first kappa shape index (κ1) is 13.4. The van der Waals surface area contributed by atoms with Crippen molar-refractivity contribution >= 4 is 28.0 Å². The zero-order chi connectivity index (χ0) is 13.7. The van der Waals surface area contributed by atoms with Crippen LogP contribution in [0.25, 0.3) is 0 Å². The van der Waals surface area contributed by atoms with Crippen LogP contribution in [0.2, 0.25) is 0 Å². The standard InChI is InChI=1S/C14H10BrNO3/c15-12-7-11(8-16-9-12)14(18)10-1-3-13(4-2-10)19-6-5-17/h1-5,7-9H,6H2. The molecule has 0 aliphatic rings. The average molecular weight is 320 g/mol. The van der Waals surface area contributed by atoms with E-state index in [1.54, 1.807) is 36.5 Å². The summed E-state index contributed by atoms with van der Waals surface area (Å²) in [5.74, 6) is 0.437. The highest BCUT2D eigenvalue weighted by Crippen LogP contribution is 2.17. The van der Waals surface area contributed by atoms with Crippen molar-refractivity contribution in [2.75, 3.05) is 6.61 Å². The third kappa shape index (κ3) is 3.48. The summed E-state index contributed by atoms with van der Waals surface area (Å²) < 4.78 is 5.87. The maximum Gasteiger partial charge on any atom is 0.194 e. The number of carbonyl (C=O) groups is 2. The molecule has 96 valence electrons. The third-order valence-corrected chi connectivity index (χ3v) is 2.84. The quantitative estimate of drug-likeness (QED) is 0.628. The number of ketones is 1. The summed E-state index contributed by atoms with van der Waals surface area (Å²) in [5.41, 5.74) is 1.05. The number of hydrogen-bond donors (Lipinski definition) is 0. The molecule has 0 atom stereocenters. The topological polar surface area (TPSA) is 56.3 Å². The first-order valence-corrected chi connectivity index (χ1v) is 6.32. The molecule has 2 rings (SSSR count). The van der Waals surface area contributed by atoms with Crippen LogP contribution in [0.3, 0.4) is 0 Å². The molecule has 0 radical (unpaired) electrons. The molecule has 0 saturated heterocycles. The highest BCUT2D eigenvalue weighted by molar-refractivity contribution is 9.10. The number of nitrogens with zero attached hydrogens (tertiary/aromatic N) is 1. The van der Waals surface area contributed by atoms with E-state index in [4.69, 9.17) is 4.74 Å². The van der Waals surface area contributed by atoms with Crippen molar-refractivity contribution < 1.29 is 14.3 Å². The summed E-state index contributed by atoms with van der Waals surface area (Å²) in [6.07, 6.45) is 3.81. The van der Waals surface area contributed by atoms with Gasteiger partial charge in [-0.05, 0) is 46.3 Å². The van der Waals surface area contributed by atoms with Crippen molar-refractivity contribution in [2.45, 2.75) is 0 Å². The Bertz CT molecular complexity index is 596. The van der Waals surface area contributed by atoms with Gasteiger partial charge in [0.2, 0.25) is 0 Å². The largest absolute Gasteiger partial charge is 0.486 e. The van der Waals surface area contributed by atoms with Crippen molar-refractivity contribution in [1.82, 2.24) is 4.98 Å². The number of halogens is 1. The van der Waals surface area contributed by atoms with Gasteiger partial charge in [-0.3, -0.25) is 14.6 Å². The molecule has 0 spiro atoms. The summed E-state index contributed by atoms with van der Waals surface area (Å²) in [7, 11) is 0. The normalized spacial score (nSPS) is 9.95. The van der Waals surface area contributed by atoms with E-state index in [-0.39, 0.29) is 12.4 Å². The predicted octanol–water partition coefficient (Wildman–Crippen LogP) is 2.65. The van der Waals surface area contributed by atoms with Gasteiger partial charge in [0.15, 0.2) is 12.1 Å². The van der Waals surface area contributed by atoms with Gasteiger partial charge in [-0.2, -0.15) is 0 Å². The van der Waals surface area contributed by atoms with Gasteiger partial charge in [0, 0.05) is 28.0 Å². The number of ether oxygens (including phenoxy) is 1. The van der Waals surface area contributed by atoms with E-state index in [9.17, 15) is 9.59 Å². The third-order valence-electron chi connectivity index (χ3n) is 2.40. The van der Waals surface area contributed by atoms with Gasteiger partial charge in [0.25, 0.3) is 0 Å². The van der Waals surface area contributed by atoms with E-state index in [0.717, 1.165) is 4.47 Å². The monoisotopic (exact) mass is 319 g/mol. The van der Waals surface area contributed by atoms with Gasteiger partial charge in [0.1, 0.15) is 12.4 Å². The molecule has 4 nitrogen and oxygen atoms in total. The number of hydrogen-bond acceptors (Lipinski definition) is 4. The van der Waals surface area contributed by atoms with Gasteiger partial charge in [-0.25, -0.2) is 0 Å². The lowest BCUT2D eigenvalue weighted by atomic mass is 10.1. The number of carbonyl (C=O) groups excluding carboxylic acids is 2. The zero-order valence-corrected chi connectivity index (χ0v) is 11.5. The fraction of sp³-hybridized carbons (Fsp3) is 0.0714. The van der Waals surface area contributed by atoms with Crippen molar-refractivity contribution in [1.29, 1.82) is 0 Å². The Hall–Kier alpha value is -2.01. The Morgan fingerprint density at radius 3 is 2.58 bits per heavy atom. The van der Waals surface area contributed by atoms with E-state index in [2.05, 4.69) is 20.9 Å². The summed E-state index contributed by atoms with van der Waals surface area (Å²) in [5, 5.41) is 0. The van der Waals surface area contributed by atoms with E-state index in [1.165, 1.54) is 6.20 Å². The van der Waals surface area contributed by atoms with Crippen LogP contribution in [0.5, 0.6) is 5.75 Å². The first-order chi connectivity index (χ1) is 9.20. The minimum Gasteiger partial charge on any atom is -0.486 e. The molecule has 2 aromatic rings. The maximum absolute atomic E-state index is 12.2. The highest BCUT2D eigenvalue weighted by atomic mass is 79.9. The van der Waals surface area contributed by atoms with Crippen LogP contribution in [-0.4, -0.2) is 23.7 Å². The van der Waals surface area contributed by atoms with Gasteiger partial charge in [-0.1, -0.05) is 0 Å². The second kappa shape index (κ2) is 6.24. The Kier molecular flexibility index (Phi) is 4.41. The van der Waals surface area contributed by atoms with Crippen LogP contribution >= 0.6 is 15.9 Å². The van der Waals surface area contributed by atoms with Crippen molar-refractivity contribution in [2.24, 2.45) is 0 Å². The number of rotatable bonds is 5. The van der Waals surface area contributed by atoms with Crippen LogP contribution in [0, 0.1) is 0 Å². The molecule has 0 N–H and O–H groups in total. The molecule has 0 saturated carbocycles. The lowest BCUT2D eigenvalue weighted by Gasteiger charge is -2.04. The summed E-state index contributed by atoms with van der Waals surface area (Å²) in [6, 6.07) is 8.34. The van der Waals surface area contributed by atoms with Crippen LogP contribution < -0.4 is 4.74 Å². The van der Waals surface area contributed by atoms with Gasteiger partial charge >= 0.3 is 0 Å². The van der Waals surface area contributed by atoms with Crippen molar-refractivity contribution in [3.05, 3.63) is 58.3 Å². The lowest BCUT2D eigenvalue weighted by molar-refractivity contribution is -0.109. The Balaban J connectivity index is 2.17. The molecule has 1 heterocycles. The van der Waals surface area contributed by atoms with E-state index >= 15 is 0 Å². The molecular formula is C14H10BrNO3. The molecule has 0 fully saturated rings. The van der Waals surface area contributed by atoms with E-state index in [0.29, 0.717) is 23.2 Å². The SMILES string of the molecule is O=CCOc1ccc(C(=O)c2cncc(Br)c2)cc1. The van der Waals surface area contributed by atoms with E-state index in [1.807, 2.05) is 0 Å². The Morgan fingerprint density at radius 1 is 1.21 bits per heavy atom. The molecule has 0 amide bonds.